The summed E-state index contributed by atoms with van der Waals surface area (Å²) in [5, 5.41) is 11.4. The summed E-state index contributed by atoms with van der Waals surface area (Å²) < 4.78 is 13.4. The van der Waals surface area contributed by atoms with Gasteiger partial charge in [0, 0.05) is 54.4 Å². The number of piperidine rings is 1. The van der Waals surface area contributed by atoms with Crippen molar-refractivity contribution in [3.05, 3.63) is 78.1 Å². The third kappa shape index (κ3) is 4.41. The minimum atomic E-state index is -0.175. The van der Waals surface area contributed by atoms with Gasteiger partial charge in [0.1, 0.15) is 17.8 Å². The van der Waals surface area contributed by atoms with E-state index < -0.39 is 0 Å². The first-order valence-electron chi connectivity index (χ1n) is 11.3. The van der Waals surface area contributed by atoms with Crippen molar-refractivity contribution in [1.82, 2.24) is 25.1 Å². The zero-order chi connectivity index (χ0) is 22.8. The molecular weight excluding hydrogens is 415 g/mol. The van der Waals surface area contributed by atoms with E-state index >= 15 is 0 Å². The van der Waals surface area contributed by atoms with Gasteiger partial charge in [0.05, 0.1) is 0 Å². The standard InChI is InChI=1S/C26H27FN6/c1-18-13-21(27)8-7-19(18)16-32(2)22-9-11-33(12-10-22)26-24-6-4-3-5-23(24)25(30-31-26)20-14-28-17-29-15-20/h3-8,13-15,17,22H,9-12,16H2,1-2H3. The van der Waals surface area contributed by atoms with Crippen molar-refractivity contribution in [3.63, 3.8) is 0 Å². The number of hydrogen-bond acceptors (Lipinski definition) is 6. The lowest BCUT2D eigenvalue weighted by molar-refractivity contribution is 0.200. The van der Waals surface area contributed by atoms with Crippen LogP contribution in [0.1, 0.15) is 24.0 Å². The van der Waals surface area contributed by atoms with Crippen molar-refractivity contribution in [2.24, 2.45) is 0 Å². The first-order chi connectivity index (χ1) is 16.1. The lowest BCUT2D eigenvalue weighted by atomic mass is 10.0. The largest absolute Gasteiger partial charge is 0.354 e. The molecule has 33 heavy (non-hydrogen) atoms. The Balaban J connectivity index is 1.32. The van der Waals surface area contributed by atoms with Crippen LogP contribution in [-0.2, 0) is 6.54 Å². The summed E-state index contributed by atoms with van der Waals surface area (Å²) in [4.78, 5) is 13.0. The second-order valence-electron chi connectivity index (χ2n) is 8.75. The molecule has 168 valence electrons. The summed E-state index contributed by atoms with van der Waals surface area (Å²) in [5.74, 6) is 0.757. The number of aryl methyl sites for hydroxylation is 1. The van der Waals surface area contributed by atoms with E-state index in [1.54, 1.807) is 24.5 Å². The molecule has 3 heterocycles. The van der Waals surface area contributed by atoms with Gasteiger partial charge in [-0.3, -0.25) is 4.90 Å². The number of benzene rings is 2. The molecule has 7 heteroatoms. The first kappa shape index (κ1) is 21.4. The van der Waals surface area contributed by atoms with Gasteiger partial charge in [0.15, 0.2) is 5.82 Å². The average molecular weight is 443 g/mol. The number of anilines is 1. The van der Waals surface area contributed by atoms with E-state index in [0.717, 1.165) is 65.9 Å². The van der Waals surface area contributed by atoms with Gasteiger partial charge in [-0.25, -0.2) is 14.4 Å². The Kier molecular flexibility index (Phi) is 5.96. The van der Waals surface area contributed by atoms with Gasteiger partial charge in [-0.15, -0.1) is 10.2 Å². The molecule has 0 atom stereocenters. The van der Waals surface area contributed by atoms with Crippen LogP contribution in [0.4, 0.5) is 10.2 Å². The maximum absolute atomic E-state index is 13.4. The van der Waals surface area contributed by atoms with Crippen LogP contribution in [0.3, 0.4) is 0 Å². The van der Waals surface area contributed by atoms with Crippen LogP contribution in [0.5, 0.6) is 0 Å². The number of aromatic nitrogens is 4. The smallest absolute Gasteiger partial charge is 0.159 e. The fourth-order valence-electron chi connectivity index (χ4n) is 4.71. The van der Waals surface area contributed by atoms with Crippen LogP contribution in [0.2, 0.25) is 0 Å². The number of halogens is 1. The molecule has 0 radical (unpaired) electrons. The Morgan fingerprint density at radius 3 is 2.45 bits per heavy atom. The van der Waals surface area contributed by atoms with Crippen LogP contribution in [0, 0.1) is 12.7 Å². The van der Waals surface area contributed by atoms with Crippen LogP contribution in [0.25, 0.3) is 22.0 Å². The summed E-state index contributed by atoms with van der Waals surface area (Å²) in [5.41, 5.74) is 3.85. The fourth-order valence-corrected chi connectivity index (χ4v) is 4.71. The van der Waals surface area contributed by atoms with Crippen LogP contribution in [-0.4, -0.2) is 51.2 Å². The van der Waals surface area contributed by atoms with E-state index in [4.69, 9.17) is 0 Å². The van der Waals surface area contributed by atoms with E-state index in [9.17, 15) is 4.39 Å². The first-order valence-corrected chi connectivity index (χ1v) is 11.3. The molecule has 0 bridgehead atoms. The molecule has 0 amide bonds. The summed E-state index contributed by atoms with van der Waals surface area (Å²) >= 11 is 0. The fraction of sp³-hybridized carbons (Fsp3) is 0.308. The summed E-state index contributed by atoms with van der Waals surface area (Å²) in [6.07, 6.45) is 7.15. The molecule has 2 aromatic heterocycles. The van der Waals surface area contributed by atoms with Gasteiger partial charge in [-0.2, -0.15) is 0 Å². The van der Waals surface area contributed by atoms with Crippen molar-refractivity contribution in [3.8, 4) is 11.3 Å². The van der Waals surface area contributed by atoms with Crippen molar-refractivity contribution in [2.45, 2.75) is 32.4 Å². The van der Waals surface area contributed by atoms with E-state index in [2.05, 4.69) is 49.1 Å². The van der Waals surface area contributed by atoms with Crippen LogP contribution >= 0.6 is 0 Å². The highest BCUT2D eigenvalue weighted by Crippen LogP contribution is 2.32. The molecule has 0 aliphatic carbocycles. The molecule has 2 aromatic carbocycles. The molecule has 0 N–H and O–H groups in total. The molecule has 1 aliphatic rings. The summed E-state index contributed by atoms with van der Waals surface area (Å²) in [6.45, 7) is 4.64. The molecule has 6 nitrogen and oxygen atoms in total. The molecule has 0 saturated carbocycles. The van der Waals surface area contributed by atoms with E-state index in [-0.39, 0.29) is 5.82 Å². The molecule has 0 spiro atoms. The number of fused-ring (bicyclic) bond motifs is 1. The normalized spacial score (nSPS) is 14.8. The summed E-state index contributed by atoms with van der Waals surface area (Å²) in [7, 11) is 2.16. The topological polar surface area (TPSA) is 58.0 Å². The maximum atomic E-state index is 13.4. The second kappa shape index (κ2) is 9.19. The third-order valence-electron chi connectivity index (χ3n) is 6.61. The van der Waals surface area contributed by atoms with E-state index in [1.165, 1.54) is 11.9 Å². The van der Waals surface area contributed by atoms with Crippen molar-refractivity contribution in [1.29, 1.82) is 0 Å². The molecule has 1 fully saturated rings. The number of rotatable bonds is 5. The Labute approximate surface area is 193 Å². The molecule has 1 saturated heterocycles. The molecular formula is C26H27FN6. The third-order valence-corrected chi connectivity index (χ3v) is 6.61. The van der Waals surface area contributed by atoms with Gasteiger partial charge in [0.2, 0.25) is 0 Å². The monoisotopic (exact) mass is 442 g/mol. The van der Waals surface area contributed by atoms with Gasteiger partial charge >= 0.3 is 0 Å². The van der Waals surface area contributed by atoms with Gasteiger partial charge in [-0.05, 0) is 50.1 Å². The van der Waals surface area contributed by atoms with E-state index in [0.29, 0.717) is 6.04 Å². The Morgan fingerprint density at radius 2 is 1.73 bits per heavy atom. The van der Waals surface area contributed by atoms with Crippen molar-refractivity contribution >= 4 is 16.6 Å². The highest BCUT2D eigenvalue weighted by Gasteiger charge is 2.25. The lowest BCUT2D eigenvalue weighted by Gasteiger charge is -2.37. The quantitative estimate of drug-likeness (QED) is 0.449. The van der Waals surface area contributed by atoms with Gasteiger partial charge in [0.25, 0.3) is 0 Å². The Bertz CT molecular complexity index is 1250. The average Bonchev–Trinajstić information content (AvgIpc) is 2.86. The Hall–Kier alpha value is -3.45. The molecule has 1 aliphatic heterocycles. The van der Waals surface area contributed by atoms with E-state index in [1.807, 2.05) is 25.1 Å². The van der Waals surface area contributed by atoms with Gasteiger partial charge in [-0.1, -0.05) is 30.3 Å². The van der Waals surface area contributed by atoms with Crippen molar-refractivity contribution < 1.29 is 4.39 Å². The SMILES string of the molecule is Cc1cc(F)ccc1CN(C)C1CCN(c2nnc(-c3cncnc3)c3ccccc23)CC1. The minimum absolute atomic E-state index is 0.175. The second-order valence-corrected chi connectivity index (χ2v) is 8.75. The number of nitrogens with zero attached hydrogens (tertiary/aromatic N) is 6. The van der Waals surface area contributed by atoms with Crippen molar-refractivity contribution in [2.75, 3.05) is 25.0 Å². The molecule has 5 rings (SSSR count). The lowest BCUT2D eigenvalue weighted by Crippen LogP contribution is -2.43. The zero-order valence-corrected chi connectivity index (χ0v) is 18.9. The van der Waals surface area contributed by atoms with Crippen LogP contribution in [0.15, 0.2) is 61.2 Å². The van der Waals surface area contributed by atoms with Crippen LogP contribution < -0.4 is 4.90 Å². The highest BCUT2D eigenvalue weighted by atomic mass is 19.1. The predicted molar refractivity (Wildman–Crippen MR) is 128 cm³/mol. The van der Waals surface area contributed by atoms with Gasteiger partial charge < -0.3 is 4.90 Å². The predicted octanol–water partition coefficient (Wildman–Crippen LogP) is 4.64. The number of hydrogen-bond donors (Lipinski definition) is 0. The molecule has 0 unspecified atom stereocenters. The highest BCUT2D eigenvalue weighted by molar-refractivity contribution is 6.00. The summed E-state index contributed by atoms with van der Waals surface area (Å²) in [6, 6.07) is 13.8. The molecule has 4 aromatic rings. The minimum Gasteiger partial charge on any atom is -0.354 e. The maximum Gasteiger partial charge on any atom is 0.159 e. The Morgan fingerprint density at radius 1 is 1.00 bits per heavy atom. The zero-order valence-electron chi connectivity index (χ0n) is 18.9.